The first kappa shape index (κ1) is 25.1. The maximum atomic E-state index is 13.0. The van der Waals surface area contributed by atoms with Crippen LogP contribution in [0.2, 0.25) is 5.02 Å². The quantitative estimate of drug-likeness (QED) is 0.478. The molecule has 0 radical (unpaired) electrons. The van der Waals surface area contributed by atoms with Crippen molar-refractivity contribution in [2.24, 2.45) is 0 Å². The molecule has 6 nitrogen and oxygen atoms in total. The van der Waals surface area contributed by atoms with Crippen LogP contribution >= 0.6 is 11.6 Å². The number of rotatable bonds is 6. The van der Waals surface area contributed by atoms with E-state index in [4.69, 9.17) is 11.6 Å². The Balaban J connectivity index is 1.19. The average Bonchev–Trinajstić information content (AvgIpc) is 2.92. The van der Waals surface area contributed by atoms with Crippen LogP contribution in [0, 0.1) is 18.3 Å². The van der Waals surface area contributed by atoms with Gasteiger partial charge in [0.2, 0.25) is 5.91 Å². The van der Waals surface area contributed by atoms with Gasteiger partial charge in [0.1, 0.15) is 6.07 Å². The maximum Gasteiger partial charge on any atom is 0.242 e. The molecular weight excluding hydrogens is 482 g/mol. The zero-order chi connectivity index (χ0) is 25.8. The molecule has 7 heteroatoms. The van der Waals surface area contributed by atoms with E-state index in [0.29, 0.717) is 25.2 Å². The Labute approximate surface area is 224 Å². The van der Waals surface area contributed by atoms with Crippen LogP contribution < -0.4 is 9.80 Å². The number of carbonyl (C=O) groups excluding carboxylic acids is 1. The third-order valence-electron chi connectivity index (χ3n) is 7.43. The molecule has 0 aliphatic carbocycles. The standard InChI is InChI=1S/C30H32ClN5O/c1-23-10-11-24(20-33-12-14-34(15-13-33)29-9-5-3-7-27(29)31)18-26(23)21-36-17-16-35(22-30(36)37)28-8-4-2-6-25(28)19-32/h2-11,18H,12-17,20-22H2,1H3. The van der Waals surface area contributed by atoms with Crippen molar-refractivity contribution < 1.29 is 4.79 Å². The number of nitriles is 1. The molecule has 2 fully saturated rings. The summed E-state index contributed by atoms with van der Waals surface area (Å²) in [6.07, 6.45) is 0. The predicted octanol–water partition coefficient (Wildman–Crippen LogP) is 4.69. The lowest BCUT2D eigenvalue weighted by Gasteiger charge is -2.37. The second kappa shape index (κ2) is 11.2. The summed E-state index contributed by atoms with van der Waals surface area (Å²) >= 11 is 6.40. The number of nitrogens with zero attached hydrogens (tertiary/aromatic N) is 5. The van der Waals surface area contributed by atoms with Gasteiger partial charge in [-0.05, 0) is 47.9 Å². The summed E-state index contributed by atoms with van der Waals surface area (Å²) in [5, 5.41) is 10.2. The molecule has 0 bridgehead atoms. The van der Waals surface area contributed by atoms with Gasteiger partial charge in [0, 0.05) is 52.4 Å². The van der Waals surface area contributed by atoms with Crippen LogP contribution in [0.25, 0.3) is 0 Å². The third-order valence-corrected chi connectivity index (χ3v) is 7.75. The molecule has 2 saturated heterocycles. The molecule has 2 heterocycles. The van der Waals surface area contributed by atoms with Gasteiger partial charge in [0.05, 0.1) is 28.5 Å². The highest BCUT2D eigenvalue weighted by molar-refractivity contribution is 6.33. The second-order valence-electron chi connectivity index (χ2n) is 9.84. The molecule has 0 aromatic heterocycles. The van der Waals surface area contributed by atoms with Gasteiger partial charge in [-0.15, -0.1) is 0 Å². The summed E-state index contributed by atoms with van der Waals surface area (Å²) in [6, 6.07) is 24.4. The monoisotopic (exact) mass is 513 g/mol. The number of carbonyl (C=O) groups is 1. The molecule has 3 aromatic rings. The van der Waals surface area contributed by atoms with E-state index in [0.717, 1.165) is 55.7 Å². The van der Waals surface area contributed by atoms with E-state index >= 15 is 0 Å². The van der Waals surface area contributed by atoms with E-state index in [-0.39, 0.29) is 5.91 Å². The van der Waals surface area contributed by atoms with Crippen LogP contribution in [0.1, 0.15) is 22.3 Å². The number of piperazine rings is 2. The number of halogens is 1. The van der Waals surface area contributed by atoms with Gasteiger partial charge < -0.3 is 14.7 Å². The van der Waals surface area contributed by atoms with Gasteiger partial charge in [-0.1, -0.05) is 54.1 Å². The van der Waals surface area contributed by atoms with Crippen molar-refractivity contribution in [1.29, 1.82) is 5.26 Å². The first-order chi connectivity index (χ1) is 18.0. The Kier molecular flexibility index (Phi) is 7.64. The van der Waals surface area contributed by atoms with Gasteiger partial charge in [-0.3, -0.25) is 9.69 Å². The van der Waals surface area contributed by atoms with Crippen molar-refractivity contribution in [2.75, 3.05) is 55.6 Å². The normalized spacial score (nSPS) is 16.7. The Hall–Kier alpha value is -3.53. The van der Waals surface area contributed by atoms with Crippen molar-refractivity contribution in [3.63, 3.8) is 0 Å². The summed E-state index contributed by atoms with van der Waals surface area (Å²) in [4.78, 5) is 21.9. The molecular formula is C30H32ClN5O. The molecule has 5 rings (SSSR count). The fourth-order valence-electron chi connectivity index (χ4n) is 5.24. The summed E-state index contributed by atoms with van der Waals surface area (Å²) in [7, 11) is 0. The van der Waals surface area contributed by atoms with Crippen molar-refractivity contribution in [2.45, 2.75) is 20.0 Å². The third kappa shape index (κ3) is 5.74. The minimum Gasteiger partial charge on any atom is -0.368 e. The van der Waals surface area contributed by atoms with E-state index in [1.165, 1.54) is 16.7 Å². The second-order valence-corrected chi connectivity index (χ2v) is 10.2. The van der Waals surface area contributed by atoms with Gasteiger partial charge in [0.15, 0.2) is 0 Å². The Morgan fingerprint density at radius 3 is 2.27 bits per heavy atom. The van der Waals surface area contributed by atoms with Crippen molar-refractivity contribution in [1.82, 2.24) is 9.80 Å². The molecule has 0 N–H and O–H groups in total. The number of aryl methyl sites for hydroxylation is 1. The smallest absolute Gasteiger partial charge is 0.242 e. The van der Waals surface area contributed by atoms with Crippen LogP contribution in [0.15, 0.2) is 66.7 Å². The SMILES string of the molecule is Cc1ccc(CN2CCN(c3ccccc3Cl)CC2)cc1CN1CCN(c2ccccc2C#N)CC1=O. The van der Waals surface area contributed by atoms with Crippen LogP contribution in [-0.2, 0) is 17.9 Å². The summed E-state index contributed by atoms with van der Waals surface area (Å²) in [5.41, 5.74) is 6.25. The van der Waals surface area contributed by atoms with E-state index in [9.17, 15) is 10.1 Å². The minimum atomic E-state index is 0.0968. The molecule has 3 aromatic carbocycles. The Morgan fingerprint density at radius 2 is 1.54 bits per heavy atom. The van der Waals surface area contributed by atoms with E-state index in [1.807, 2.05) is 46.2 Å². The topological polar surface area (TPSA) is 53.8 Å². The number of para-hydroxylation sites is 2. The lowest BCUT2D eigenvalue weighted by Crippen LogP contribution is -2.50. The highest BCUT2D eigenvalue weighted by atomic mass is 35.5. The summed E-state index contributed by atoms with van der Waals surface area (Å²) in [6.45, 7) is 9.18. The van der Waals surface area contributed by atoms with Gasteiger partial charge in [-0.2, -0.15) is 5.26 Å². The van der Waals surface area contributed by atoms with Gasteiger partial charge in [0.25, 0.3) is 0 Å². The van der Waals surface area contributed by atoms with Crippen LogP contribution in [0.3, 0.4) is 0 Å². The molecule has 0 spiro atoms. The zero-order valence-corrected chi connectivity index (χ0v) is 22.0. The summed E-state index contributed by atoms with van der Waals surface area (Å²) in [5.74, 6) is 0.0968. The largest absolute Gasteiger partial charge is 0.368 e. The molecule has 2 aliphatic heterocycles. The number of amides is 1. The molecule has 190 valence electrons. The average molecular weight is 514 g/mol. The first-order valence-electron chi connectivity index (χ1n) is 12.8. The molecule has 37 heavy (non-hydrogen) atoms. The Bertz CT molecular complexity index is 1310. The molecule has 0 unspecified atom stereocenters. The molecule has 1 amide bonds. The van der Waals surface area contributed by atoms with Crippen molar-refractivity contribution >= 4 is 28.9 Å². The molecule has 0 atom stereocenters. The number of anilines is 2. The fraction of sp³-hybridized carbons (Fsp3) is 0.333. The fourth-order valence-corrected chi connectivity index (χ4v) is 5.49. The predicted molar refractivity (Wildman–Crippen MR) is 149 cm³/mol. The van der Waals surface area contributed by atoms with E-state index in [2.05, 4.69) is 47.1 Å². The molecule has 0 saturated carbocycles. The summed E-state index contributed by atoms with van der Waals surface area (Å²) < 4.78 is 0. The van der Waals surface area contributed by atoms with E-state index in [1.54, 1.807) is 6.07 Å². The lowest BCUT2D eigenvalue weighted by atomic mass is 10.0. The van der Waals surface area contributed by atoms with Gasteiger partial charge in [-0.25, -0.2) is 0 Å². The van der Waals surface area contributed by atoms with Crippen LogP contribution in [-0.4, -0.2) is 61.5 Å². The van der Waals surface area contributed by atoms with Crippen molar-refractivity contribution in [3.8, 4) is 6.07 Å². The number of benzene rings is 3. The van der Waals surface area contributed by atoms with Crippen LogP contribution in [0.5, 0.6) is 0 Å². The minimum absolute atomic E-state index is 0.0968. The number of hydrogen-bond acceptors (Lipinski definition) is 5. The molecule has 2 aliphatic rings. The number of hydrogen-bond donors (Lipinski definition) is 0. The first-order valence-corrected chi connectivity index (χ1v) is 13.2. The highest BCUT2D eigenvalue weighted by Crippen LogP contribution is 2.27. The highest BCUT2D eigenvalue weighted by Gasteiger charge is 2.26. The Morgan fingerprint density at radius 1 is 0.838 bits per heavy atom. The maximum absolute atomic E-state index is 13.0. The van der Waals surface area contributed by atoms with Crippen LogP contribution in [0.4, 0.5) is 11.4 Å². The lowest BCUT2D eigenvalue weighted by molar-refractivity contribution is -0.131. The zero-order valence-electron chi connectivity index (χ0n) is 21.2. The van der Waals surface area contributed by atoms with E-state index < -0.39 is 0 Å². The van der Waals surface area contributed by atoms with Crippen molar-refractivity contribution in [3.05, 3.63) is 94.0 Å². The van der Waals surface area contributed by atoms with Gasteiger partial charge >= 0.3 is 0 Å².